The number of allylic oxidation sites excluding steroid dienone is 1. The first kappa shape index (κ1) is 8.11. The molecule has 2 heterocycles. The Morgan fingerprint density at radius 3 is 2.83 bits per heavy atom. The Morgan fingerprint density at radius 1 is 1.50 bits per heavy atom. The second-order valence-corrected chi connectivity index (χ2v) is 4.04. The van der Waals surface area contributed by atoms with E-state index in [1.165, 1.54) is 25.0 Å². The number of hydrogen-bond acceptors (Lipinski definition) is 2. The fourth-order valence-electron chi connectivity index (χ4n) is 2.25. The van der Waals surface area contributed by atoms with E-state index >= 15 is 0 Å². The molecule has 0 radical (unpaired) electrons. The van der Waals surface area contributed by atoms with Crippen molar-refractivity contribution in [3.8, 4) is 0 Å². The lowest BCUT2D eigenvalue weighted by Gasteiger charge is -2.24. The molecule has 0 aromatic carbocycles. The van der Waals surface area contributed by atoms with Gasteiger partial charge in [0.15, 0.2) is 0 Å². The molecule has 0 aliphatic carbocycles. The van der Waals surface area contributed by atoms with E-state index in [0.29, 0.717) is 0 Å². The Kier molecular flexibility index (Phi) is 1.87. The second-order valence-electron chi connectivity index (χ2n) is 4.04. The molecule has 2 heteroatoms. The topological polar surface area (TPSA) is 12.5 Å². The van der Waals surface area contributed by atoms with Gasteiger partial charge < -0.3 is 9.64 Å². The minimum atomic E-state index is 0.207. The summed E-state index contributed by atoms with van der Waals surface area (Å²) in [6, 6.07) is 0. The van der Waals surface area contributed by atoms with Crippen molar-refractivity contribution in [1.29, 1.82) is 0 Å². The van der Waals surface area contributed by atoms with Crippen molar-refractivity contribution < 1.29 is 4.74 Å². The molecule has 2 fully saturated rings. The smallest absolute Gasteiger partial charge is 0.0874 e. The third kappa shape index (κ3) is 1.24. The van der Waals surface area contributed by atoms with Crippen molar-refractivity contribution in [3.05, 3.63) is 12.3 Å². The summed E-state index contributed by atoms with van der Waals surface area (Å²) in [5, 5.41) is 0. The quantitative estimate of drug-likeness (QED) is 0.590. The molecule has 12 heavy (non-hydrogen) atoms. The molecular weight excluding hydrogens is 150 g/mol. The van der Waals surface area contributed by atoms with Gasteiger partial charge >= 0.3 is 0 Å². The Labute approximate surface area is 74.2 Å². The van der Waals surface area contributed by atoms with Crippen molar-refractivity contribution >= 4 is 0 Å². The maximum atomic E-state index is 5.80. The van der Waals surface area contributed by atoms with Gasteiger partial charge in [-0.15, -0.1) is 0 Å². The highest BCUT2D eigenvalue weighted by atomic mass is 16.5. The van der Waals surface area contributed by atoms with Crippen molar-refractivity contribution in [2.24, 2.45) is 0 Å². The van der Waals surface area contributed by atoms with Crippen LogP contribution in [0.15, 0.2) is 12.3 Å². The summed E-state index contributed by atoms with van der Waals surface area (Å²) < 4.78 is 5.80. The Balaban J connectivity index is 2.01. The fourth-order valence-corrected chi connectivity index (χ4v) is 2.25. The van der Waals surface area contributed by atoms with Gasteiger partial charge in [-0.05, 0) is 26.2 Å². The minimum absolute atomic E-state index is 0.207. The molecule has 1 atom stereocenters. The van der Waals surface area contributed by atoms with Crippen LogP contribution in [0.25, 0.3) is 0 Å². The molecule has 1 unspecified atom stereocenters. The van der Waals surface area contributed by atoms with Gasteiger partial charge in [-0.25, -0.2) is 0 Å². The van der Waals surface area contributed by atoms with Gasteiger partial charge in [-0.2, -0.15) is 0 Å². The highest BCUT2D eigenvalue weighted by Crippen LogP contribution is 2.35. The summed E-state index contributed by atoms with van der Waals surface area (Å²) in [6.07, 6.45) is 3.68. The lowest BCUT2D eigenvalue weighted by molar-refractivity contribution is 0.0151. The van der Waals surface area contributed by atoms with Gasteiger partial charge in [0.2, 0.25) is 0 Å². The Morgan fingerprint density at radius 2 is 2.33 bits per heavy atom. The van der Waals surface area contributed by atoms with E-state index in [0.717, 1.165) is 19.7 Å². The fraction of sp³-hybridized carbons (Fsp3) is 0.800. The predicted molar refractivity (Wildman–Crippen MR) is 48.9 cm³/mol. The third-order valence-electron chi connectivity index (χ3n) is 3.04. The predicted octanol–water partition coefficient (Wildman–Crippen LogP) is 1.77. The van der Waals surface area contributed by atoms with Crippen LogP contribution in [0.5, 0.6) is 0 Å². The maximum Gasteiger partial charge on any atom is 0.0874 e. The molecule has 0 bridgehead atoms. The van der Waals surface area contributed by atoms with Crippen LogP contribution in [-0.2, 0) is 4.74 Å². The van der Waals surface area contributed by atoms with Crippen molar-refractivity contribution in [2.75, 3.05) is 19.7 Å². The van der Waals surface area contributed by atoms with Gasteiger partial charge in [-0.1, -0.05) is 6.58 Å². The van der Waals surface area contributed by atoms with E-state index in [9.17, 15) is 0 Å². The Hall–Kier alpha value is -0.500. The van der Waals surface area contributed by atoms with E-state index in [2.05, 4.69) is 18.4 Å². The van der Waals surface area contributed by atoms with Crippen molar-refractivity contribution in [3.63, 3.8) is 0 Å². The van der Waals surface area contributed by atoms with Crippen LogP contribution < -0.4 is 0 Å². The molecule has 2 aliphatic rings. The van der Waals surface area contributed by atoms with Gasteiger partial charge in [0.25, 0.3) is 0 Å². The van der Waals surface area contributed by atoms with Crippen LogP contribution in [-0.4, -0.2) is 30.2 Å². The Bertz CT molecular complexity index is 194. The molecular formula is C10H17NO. The molecule has 0 N–H and O–H groups in total. The molecule has 0 amide bonds. The van der Waals surface area contributed by atoms with Gasteiger partial charge in [0, 0.05) is 25.4 Å². The van der Waals surface area contributed by atoms with Gasteiger partial charge in [-0.3, -0.25) is 0 Å². The average Bonchev–Trinajstić information content (AvgIpc) is 2.62. The lowest BCUT2D eigenvalue weighted by Crippen LogP contribution is -2.31. The summed E-state index contributed by atoms with van der Waals surface area (Å²) >= 11 is 0. The molecule has 2 aliphatic heterocycles. The first-order valence-electron chi connectivity index (χ1n) is 4.76. The zero-order chi connectivity index (χ0) is 8.60. The van der Waals surface area contributed by atoms with Crippen LogP contribution in [0.3, 0.4) is 0 Å². The van der Waals surface area contributed by atoms with Gasteiger partial charge in [0.1, 0.15) is 0 Å². The van der Waals surface area contributed by atoms with Crippen LogP contribution in [0, 0.1) is 0 Å². The second kappa shape index (κ2) is 2.77. The standard InChI is InChI=1S/C10H17NO/c1-9(2)11-6-5-10(8-11)4-3-7-12-10/h1,3-8H2,2H3. The van der Waals surface area contributed by atoms with E-state index < -0.39 is 0 Å². The number of rotatable bonds is 1. The maximum absolute atomic E-state index is 5.80. The van der Waals surface area contributed by atoms with Crippen molar-refractivity contribution in [1.82, 2.24) is 4.90 Å². The normalized spacial score (nSPS) is 34.9. The van der Waals surface area contributed by atoms with Crippen molar-refractivity contribution in [2.45, 2.75) is 31.8 Å². The molecule has 2 rings (SSSR count). The summed E-state index contributed by atoms with van der Waals surface area (Å²) in [7, 11) is 0. The number of hydrogen-bond donors (Lipinski definition) is 0. The molecule has 0 aromatic heterocycles. The average molecular weight is 167 g/mol. The summed E-state index contributed by atoms with van der Waals surface area (Å²) in [6.45, 7) is 9.21. The summed E-state index contributed by atoms with van der Waals surface area (Å²) in [5.74, 6) is 0. The van der Waals surface area contributed by atoms with E-state index in [1.54, 1.807) is 0 Å². The highest BCUT2D eigenvalue weighted by molar-refractivity contribution is 5.02. The monoisotopic (exact) mass is 167 g/mol. The summed E-state index contributed by atoms with van der Waals surface area (Å²) in [5.41, 5.74) is 1.39. The zero-order valence-corrected chi connectivity index (χ0v) is 7.81. The minimum Gasteiger partial charge on any atom is -0.373 e. The van der Waals surface area contributed by atoms with Gasteiger partial charge in [0.05, 0.1) is 5.60 Å². The summed E-state index contributed by atoms with van der Waals surface area (Å²) in [4.78, 5) is 2.34. The lowest BCUT2D eigenvalue weighted by atomic mass is 10.00. The van der Waals surface area contributed by atoms with Crippen LogP contribution >= 0.6 is 0 Å². The van der Waals surface area contributed by atoms with E-state index in [4.69, 9.17) is 4.74 Å². The molecule has 68 valence electrons. The third-order valence-corrected chi connectivity index (χ3v) is 3.04. The highest BCUT2D eigenvalue weighted by Gasteiger charge is 2.41. The first-order valence-corrected chi connectivity index (χ1v) is 4.76. The van der Waals surface area contributed by atoms with Crippen LogP contribution in [0.4, 0.5) is 0 Å². The van der Waals surface area contributed by atoms with Crippen LogP contribution in [0.2, 0.25) is 0 Å². The molecule has 2 saturated heterocycles. The van der Waals surface area contributed by atoms with Crippen LogP contribution in [0.1, 0.15) is 26.2 Å². The number of ether oxygens (including phenoxy) is 1. The molecule has 0 saturated carbocycles. The SMILES string of the molecule is C=C(C)N1CCC2(CCCO2)C1. The number of nitrogens with zero attached hydrogens (tertiary/aromatic N) is 1. The first-order chi connectivity index (χ1) is 5.72. The zero-order valence-electron chi connectivity index (χ0n) is 7.81. The molecule has 0 aromatic rings. The largest absolute Gasteiger partial charge is 0.373 e. The van der Waals surface area contributed by atoms with E-state index in [-0.39, 0.29) is 5.60 Å². The van der Waals surface area contributed by atoms with E-state index in [1.807, 2.05) is 0 Å². The molecule has 2 nitrogen and oxygen atoms in total. The number of likely N-dealkylation sites (tertiary alicyclic amines) is 1. The molecule has 1 spiro atoms.